The lowest BCUT2D eigenvalue weighted by molar-refractivity contribution is -0.276. The molecule has 4 aromatic rings. The third-order valence-electron chi connectivity index (χ3n) is 11.4. The highest BCUT2D eigenvalue weighted by atomic mass is 16.7. The van der Waals surface area contributed by atoms with Gasteiger partial charge in [0.15, 0.2) is 6.29 Å². The van der Waals surface area contributed by atoms with Crippen molar-refractivity contribution < 1.29 is 34.1 Å². The molecule has 0 unspecified atom stereocenters. The van der Waals surface area contributed by atoms with Crippen molar-refractivity contribution in [3.8, 4) is 11.1 Å². The van der Waals surface area contributed by atoms with E-state index < -0.39 is 17.8 Å². The lowest BCUT2D eigenvalue weighted by atomic mass is 9.84. The molecule has 7 rings (SSSR count). The fraction of sp³-hybridized carbons (Fsp3) is 0.386. The second-order valence-corrected chi connectivity index (χ2v) is 14.9. The highest BCUT2D eigenvalue weighted by molar-refractivity contribution is 5.93. The molecule has 3 aliphatic rings. The molecule has 11 nitrogen and oxygen atoms in total. The van der Waals surface area contributed by atoms with Gasteiger partial charge in [-0.3, -0.25) is 14.4 Å². The van der Waals surface area contributed by atoms with Gasteiger partial charge < -0.3 is 40.1 Å². The van der Waals surface area contributed by atoms with Crippen LogP contribution in [0.15, 0.2) is 103 Å². The lowest BCUT2D eigenvalue weighted by Gasteiger charge is -2.46. The molecule has 3 fully saturated rings. The van der Waals surface area contributed by atoms with Crippen LogP contribution >= 0.6 is 0 Å². The zero-order chi connectivity index (χ0) is 38.4. The van der Waals surface area contributed by atoms with Gasteiger partial charge in [0.05, 0.1) is 25.5 Å². The fourth-order valence-corrected chi connectivity index (χ4v) is 8.18. The van der Waals surface area contributed by atoms with Gasteiger partial charge in [-0.2, -0.15) is 0 Å². The molecule has 55 heavy (non-hydrogen) atoms. The number of nitrogens with one attached hydrogen (secondary N) is 2. The third-order valence-corrected chi connectivity index (χ3v) is 11.4. The number of benzene rings is 4. The average molecular weight is 747 g/mol. The predicted octanol–water partition coefficient (Wildman–Crippen LogP) is 5.94. The molecule has 3 aliphatic heterocycles. The second kappa shape index (κ2) is 17.2. The van der Waals surface area contributed by atoms with Crippen LogP contribution < -0.4 is 15.5 Å². The molecule has 1 spiro atoms. The molecule has 4 N–H and O–H groups in total. The van der Waals surface area contributed by atoms with Crippen LogP contribution in [0.4, 0.5) is 5.69 Å². The Kier molecular flexibility index (Phi) is 11.9. The zero-order valence-corrected chi connectivity index (χ0v) is 31.2. The van der Waals surface area contributed by atoms with Crippen molar-refractivity contribution in [2.75, 3.05) is 31.2 Å². The molecule has 0 radical (unpaired) electrons. The van der Waals surface area contributed by atoms with Gasteiger partial charge in [0, 0.05) is 56.2 Å². The minimum absolute atomic E-state index is 0.0215. The Labute approximate surface area is 322 Å². The quantitative estimate of drug-likeness (QED) is 0.131. The van der Waals surface area contributed by atoms with Crippen LogP contribution in [0.25, 0.3) is 11.1 Å². The summed E-state index contributed by atoms with van der Waals surface area (Å²) in [6.07, 6.45) is 0.848. The van der Waals surface area contributed by atoms with E-state index in [1.165, 1.54) is 0 Å². The molecule has 3 saturated heterocycles. The summed E-state index contributed by atoms with van der Waals surface area (Å²) in [7, 11) is 0. The Bertz CT molecular complexity index is 1930. The largest absolute Gasteiger partial charge is 0.481 e. The molecule has 0 aromatic heterocycles. The van der Waals surface area contributed by atoms with Gasteiger partial charge in [0.1, 0.15) is 5.54 Å². The highest BCUT2D eigenvalue weighted by Gasteiger charge is 2.51. The number of carboxylic acids is 1. The standard InChI is InChI=1S/C44H50N4O7/c1-30-38(27-47-24-22-44(23-25-47)43(53)46-29-48(44)36-9-3-2-4-10-36)54-42(55-41(30)33-16-14-31(28-49)15-17-33)34-20-18-32(19-21-34)37-11-6-5-8-35(37)26-45-39(50)12-7-13-40(51)52/h2-6,8-11,14-21,30,38,41-42,49H,7,12-13,22-29H2,1H3,(H,45,50)(H,46,53)(H,51,52)/t30-,38+,41+,42+/m0/s1. The number of piperidine rings is 1. The molecule has 2 amide bonds. The van der Waals surface area contributed by atoms with E-state index in [1.807, 2.05) is 91.0 Å². The number of aliphatic carboxylic acids is 1. The maximum absolute atomic E-state index is 13.3. The summed E-state index contributed by atoms with van der Waals surface area (Å²) in [6, 6.07) is 34.1. The van der Waals surface area contributed by atoms with E-state index in [4.69, 9.17) is 14.6 Å². The van der Waals surface area contributed by atoms with Gasteiger partial charge in [-0.05, 0) is 59.2 Å². The number of nitrogens with zero attached hydrogens (tertiary/aromatic N) is 2. The molecular formula is C44H50N4O7. The monoisotopic (exact) mass is 746 g/mol. The number of anilines is 1. The van der Waals surface area contributed by atoms with Crippen molar-refractivity contribution in [3.63, 3.8) is 0 Å². The number of hydrogen-bond donors (Lipinski definition) is 4. The molecule has 4 atom stereocenters. The summed E-state index contributed by atoms with van der Waals surface area (Å²) in [4.78, 5) is 41.2. The van der Waals surface area contributed by atoms with E-state index in [0.717, 1.165) is 65.0 Å². The minimum Gasteiger partial charge on any atom is -0.481 e. The maximum Gasteiger partial charge on any atom is 0.303 e. The Morgan fingerprint density at radius 3 is 2.27 bits per heavy atom. The second-order valence-electron chi connectivity index (χ2n) is 14.9. The van der Waals surface area contributed by atoms with Crippen molar-refractivity contribution in [2.24, 2.45) is 5.92 Å². The Morgan fingerprint density at radius 1 is 0.873 bits per heavy atom. The highest BCUT2D eigenvalue weighted by Crippen LogP contribution is 2.43. The first-order chi connectivity index (χ1) is 26.7. The Hall–Kier alpha value is -5.07. The Balaban J connectivity index is 1.06. The zero-order valence-electron chi connectivity index (χ0n) is 31.2. The number of carbonyl (C=O) groups excluding carboxylic acids is 2. The third kappa shape index (κ3) is 8.60. The number of likely N-dealkylation sites (tertiary alicyclic amines) is 1. The van der Waals surface area contributed by atoms with Crippen LogP contribution in [0.1, 0.15) is 73.7 Å². The number of rotatable bonds is 13. The van der Waals surface area contributed by atoms with Crippen LogP contribution in [0.3, 0.4) is 0 Å². The normalized spacial score (nSPS) is 22.4. The molecule has 11 heteroatoms. The van der Waals surface area contributed by atoms with Gasteiger partial charge in [0.2, 0.25) is 11.8 Å². The van der Waals surface area contributed by atoms with Crippen LogP contribution in [-0.2, 0) is 37.0 Å². The summed E-state index contributed by atoms with van der Waals surface area (Å²) >= 11 is 0. The number of aliphatic hydroxyl groups excluding tert-OH is 1. The summed E-state index contributed by atoms with van der Waals surface area (Å²) in [6.45, 7) is 5.22. The number of amides is 2. The molecule has 0 aliphatic carbocycles. The van der Waals surface area contributed by atoms with E-state index in [-0.39, 0.29) is 49.4 Å². The van der Waals surface area contributed by atoms with Crippen molar-refractivity contribution in [3.05, 3.63) is 125 Å². The predicted molar refractivity (Wildman–Crippen MR) is 209 cm³/mol. The van der Waals surface area contributed by atoms with E-state index in [9.17, 15) is 19.5 Å². The number of carbonyl (C=O) groups is 3. The van der Waals surface area contributed by atoms with Crippen molar-refractivity contribution >= 4 is 23.5 Å². The molecule has 0 bridgehead atoms. The first-order valence-corrected chi connectivity index (χ1v) is 19.2. The van der Waals surface area contributed by atoms with E-state index >= 15 is 0 Å². The number of hydrogen-bond acceptors (Lipinski definition) is 8. The van der Waals surface area contributed by atoms with Crippen LogP contribution in [-0.4, -0.2) is 70.8 Å². The first-order valence-electron chi connectivity index (χ1n) is 19.2. The van der Waals surface area contributed by atoms with Crippen LogP contribution in [0.5, 0.6) is 0 Å². The minimum atomic E-state index is -0.908. The lowest BCUT2D eigenvalue weighted by Crippen LogP contribution is -2.57. The number of carboxylic acid groups (broad SMARTS) is 1. The molecule has 4 aromatic carbocycles. The summed E-state index contributed by atoms with van der Waals surface area (Å²) in [5.41, 5.74) is 6.18. The fourth-order valence-electron chi connectivity index (χ4n) is 8.18. The van der Waals surface area contributed by atoms with Gasteiger partial charge >= 0.3 is 5.97 Å². The van der Waals surface area contributed by atoms with Crippen molar-refractivity contribution in [1.82, 2.24) is 15.5 Å². The van der Waals surface area contributed by atoms with E-state index in [2.05, 4.69) is 39.5 Å². The van der Waals surface area contributed by atoms with Crippen molar-refractivity contribution in [1.29, 1.82) is 0 Å². The SMILES string of the molecule is C[C@H]1[C@@H](CN2CCC3(CC2)C(=O)NCN3c2ccccc2)O[C@@H](c2ccc(-c3ccccc3CNC(=O)CCCC(=O)O)cc2)O[C@H]1c1ccc(CO)cc1. The van der Waals surface area contributed by atoms with Crippen LogP contribution in [0, 0.1) is 5.92 Å². The molecule has 0 saturated carbocycles. The van der Waals surface area contributed by atoms with Crippen LogP contribution in [0.2, 0.25) is 0 Å². The van der Waals surface area contributed by atoms with Gasteiger partial charge in [-0.1, -0.05) is 97.9 Å². The topological polar surface area (TPSA) is 141 Å². The summed E-state index contributed by atoms with van der Waals surface area (Å²) in [5, 5.41) is 24.6. The van der Waals surface area contributed by atoms with Gasteiger partial charge in [0.25, 0.3) is 0 Å². The number of ether oxygens (including phenoxy) is 2. The van der Waals surface area contributed by atoms with E-state index in [1.54, 1.807) is 0 Å². The molecule has 3 heterocycles. The van der Waals surface area contributed by atoms with Gasteiger partial charge in [-0.15, -0.1) is 0 Å². The van der Waals surface area contributed by atoms with E-state index in [0.29, 0.717) is 26.2 Å². The average Bonchev–Trinajstić information content (AvgIpc) is 3.53. The number of para-hydroxylation sites is 1. The summed E-state index contributed by atoms with van der Waals surface area (Å²) in [5.74, 6) is -0.964. The maximum atomic E-state index is 13.3. The molecular weight excluding hydrogens is 697 g/mol. The number of aliphatic hydroxyl groups is 1. The smallest absolute Gasteiger partial charge is 0.303 e. The summed E-state index contributed by atoms with van der Waals surface area (Å²) < 4.78 is 13.6. The molecule has 288 valence electrons. The Morgan fingerprint density at radius 2 is 1.56 bits per heavy atom. The van der Waals surface area contributed by atoms with Gasteiger partial charge in [-0.25, -0.2) is 0 Å². The van der Waals surface area contributed by atoms with Crippen molar-refractivity contribution in [2.45, 2.75) is 76.2 Å². The first kappa shape index (κ1) is 38.2.